The molecule has 1 aliphatic rings. The van der Waals surface area contributed by atoms with Gasteiger partial charge in [-0.1, -0.05) is 6.07 Å². The van der Waals surface area contributed by atoms with Gasteiger partial charge in [-0.05, 0) is 42.7 Å². The maximum absolute atomic E-state index is 12.5. The van der Waals surface area contributed by atoms with Crippen LogP contribution in [0, 0.1) is 13.8 Å². The number of carbonyl (C=O) groups is 1. The van der Waals surface area contributed by atoms with Gasteiger partial charge in [0.25, 0.3) is 5.91 Å². The van der Waals surface area contributed by atoms with Gasteiger partial charge in [0.2, 0.25) is 0 Å². The van der Waals surface area contributed by atoms with Crippen molar-refractivity contribution in [3.05, 3.63) is 47.3 Å². The van der Waals surface area contributed by atoms with Crippen LogP contribution in [0.2, 0.25) is 0 Å². The number of rotatable bonds is 4. The average Bonchev–Trinajstić information content (AvgIpc) is 3.13. The van der Waals surface area contributed by atoms with Crippen LogP contribution in [0.3, 0.4) is 0 Å². The zero-order valence-corrected chi connectivity index (χ0v) is 13.2. The highest BCUT2D eigenvalue weighted by Gasteiger charge is 2.31. The second kappa shape index (κ2) is 5.83. The van der Waals surface area contributed by atoms with Gasteiger partial charge in [-0.15, -0.1) is 0 Å². The number of ether oxygens (including phenoxy) is 1. The molecule has 2 heterocycles. The molecule has 5 nitrogen and oxygen atoms in total. The van der Waals surface area contributed by atoms with E-state index < -0.39 is 6.10 Å². The lowest BCUT2D eigenvalue weighted by Gasteiger charge is -2.20. The maximum Gasteiger partial charge on any atom is 0.263 e. The lowest BCUT2D eigenvalue weighted by atomic mass is 10.0. The van der Waals surface area contributed by atoms with Crippen molar-refractivity contribution in [1.82, 2.24) is 14.7 Å². The topological polar surface area (TPSA) is 47.4 Å². The summed E-state index contributed by atoms with van der Waals surface area (Å²) in [6.07, 6.45) is 3.88. The Bertz CT molecular complexity index is 648. The van der Waals surface area contributed by atoms with E-state index in [0.29, 0.717) is 19.5 Å². The van der Waals surface area contributed by atoms with Crippen molar-refractivity contribution in [2.45, 2.75) is 32.9 Å². The summed E-state index contributed by atoms with van der Waals surface area (Å²) in [5.41, 5.74) is 3.56. The standard InChI is InChI=1S/C17H21N3O2/c1-12-9-14-11-16(22-15(14)10-13(12)2)17(21)19(3)7-8-20-6-4-5-18-20/h4-6,9-10,16H,7-8,11H2,1-3H3/t16-/m0/s1. The SMILES string of the molecule is Cc1cc2c(cc1C)O[C@H](C(=O)N(C)CCn1cccn1)C2. The summed E-state index contributed by atoms with van der Waals surface area (Å²) >= 11 is 0. The van der Waals surface area contributed by atoms with Crippen LogP contribution in [0.5, 0.6) is 5.75 Å². The van der Waals surface area contributed by atoms with E-state index >= 15 is 0 Å². The van der Waals surface area contributed by atoms with E-state index in [-0.39, 0.29) is 5.91 Å². The summed E-state index contributed by atoms with van der Waals surface area (Å²) in [6, 6.07) is 6.03. The minimum absolute atomic E-state index is 0.0265. The highest BCUT2D eigenvalue weighted by molar-refractivity contribution is 5.82. The van der Waals surface area contributed by atoms with Crippen molar-refractivity contribution >= 4 is 5.91 Å². The summed E-state index contributed by atoms with van der Waals surface area (Å²) in [5, 5.41) is 4.14. The normalized spacial score (nSPS) is 16.2. The molecule has 0 fully saturated rings. The Kier molecular flexibility index (Phi) is 3.88. The zero-order chi connectivity index (χ0) is 15.7. The Morgan fingerprint density at radius 1 is 1.41 bits per heavy atom. The van der Waals surface area contributed by atoms with E-state index in [1.54, 1.807) is 11.1 Å². The summed E-state index contributed by atoms with van der Waals surface area (Å²) in [4.78, 5) is 14.2. The van der Waals surface area contributed by atoms with Crippen LogP contribution in [0.1, 0.15) is 16.7 Å². The van der Waals surface area contributed by atoms with Gasteiger partial charge in [0.1, 0.15) is 5.75 Å². The second-order valence-corrected chi connectivity index (χ2v) is 5.88. The van der Waals surface area contributed by atoms with E-state index in [4.69, 9.17) is 4.74 Å². The molecule has 116 valence electrons. The first-order valence-electron chi connectivity index (χ1n) is 7.54. The summed E-state index contributed by atoms with van der Waals surface area (Å²) in [5.74, 6) is 0.876. The molecular formula is C17H21N3O2. The van der Waals surface area contributed by atoms with Crippen LogP contribution in [-0.4, -0.2) is 40.3 Å². The predicted octanol–water partition coefficient (Wildman–Crippen LogP) is 1.96. The Hall–Kier alpha value is -2.30. The molecule has 3 rings (SSSR count). The molecule has 0 spiro atoms. The van der Waals surface area contributed by atoms with Crippen molar-refractivity contribution in [1.29, 1.82) is 0 Å². The summed E-state index contributed by atoms with van der Waals surface area (Å²) in [7, 11) is 1.81. The number of amides is 1. The van der Waals surface area contributed by atoms with Crippen molar-refractivity contribution in [2.24, 2.45) is 0 Å². The Morgan fingerprint density at radius 2 is 2.18 bits per heavy atom. The molecule has 1 atom stereocenters. The molecule has 1 amide bonds. The zero-order valence-electron chi connectivity index (χ0n) is 13.2. The van der Waals surface area contributed by atoms with Gasteiger partial charge in [0, 0.05) is 32.4 Å². The minimum atomic E-state index is -0.404. The van der Waals surface area contributed by atoms with Gasteiger partial charge in [0.05, 0.1) is 6.54 Å². The van der Waals surface area contributed by atoms with Gasteiger partial charge in [-0.25, -0.2) is 0 Å². The van der Waals surface area contributed by atoms with Crippen molar-refractivity contribution in [2.75, 3.05) is 13.6 Å². The third kappa shape index (κ3) is 2.84. The molecule has 1 aromatic heterocycles. The number of fused-ring (bicyclic) bond motifs is 1. The molecule has 2 aromatic rings. The van der Waals surface area contributed by atoms with Crippen LogP contribution in [0.4, 0.5) is 0 Å². The number of aromatic nitrogens is 2. The van der Waals surface area contributed by atoms with Crippen molar-refractivity contribution < 1.29 is 9.53 Å². The molecule has 22 heavy (non-hydrogen) atoms. The third-order valence-corrected chi connectivity index (χ3v) is 4.23. The Morgan fingerprint density at radius 3 is 2.91 bits per heavy atom. The number of nitrogens with zero attached hydrogens (tertiary/aromatic N) is 3. The van der Waals surface area contributed by atoms with Crippen molar-refractivity contribution in [3.63, 3.8) is 0 Å². The smallest absolute Gasteiger partial charge is 0.263 e. The second-order valence-electron chi connectivity index (χ2n) is 5.88. The predicted molar refractivity (Wildman–Crippen MR) is 83.9 cm³/mol. The van der Waals surface area contributed by atoms with Crippen molar-refractivity contribution in [3.8, 4) is 5.75 Å². The number of hydrogen-bond donors (Lipinski definition) is 0. The van der Waals surface area contributed by atoms with E-state index in [0.717, 1.165) is 11.3 Å². The summed E-state index contributed by atoms with van der Waals surface area (Å²) < 4.78 is 7.67. The Balaban J connectivity index is 1.61. The number of aryl methyl sites for hydroxylation is 2. The number of benzene rings is 1. The number of likely N-dealkylation sites (N-methyl/N-ethyl adjacent to an activating group) is 1. The van der Waals surface area contributed by atoms with E-state index in [1.165, 1.54) is 11.1 Å². The van der Waals surface area contributed by atoms with Crippen LogP contribution < -0.4 is 4.74 Å². The van der Waals surface area contributed by atoms with E-state index in [9.17, 15) is 4.79 Å². The highest BCUT2D eigenvalue weighted by Crippen LogP contribution is 2.31. The maximum atomic E-state index is 12.5. The number of carbonyl (C=O) groups excluding carboxylic acids is 1. The molecule has 0 saturated heterocycles. The molecule has 5 heteroatoms. The lowest BCUT2D eigenvalue weighted by Crippen LogP contribution is -2.40. The van der Waals surface area contributed by atoms with Crippen LogP contribution >= 0.6 is 0 Å². The molecule has 1 aliphatic heterocycles. The molecule has 0 saturated carbocycles. The van der Waals surface area contributed by atoms with Crippen LogP contribution in [0.25, 0.3) is 0 Å². The molecule has 0 radical (unpaired) electrons. The molecule has 0 N–H and O–H groups in total. The van der Waals surface area contributed by atoms with Gasteiger partial charge in [-0.2, -0.15) is 5.10 Å². The summed E-state index contributed by atoms with van der Waals surface area (Å²) in [6.45, 7) is 5.45. The third-order valence-electron chi connectivity index (χ3n) is 4.23. The van der Waals surface area contributed by atoms with Gasteiger partial charge >= 0.3 is 0 Å². The molecule has 0 unspecified atom stereocenters. The first-order chi connectivity index (χ1) is 10.5. The number of hydrogen-bond acceptors (Lipinski definition) is 3. The van der Waals surface area contributed by atoms with Crippen LogP contribution in [-0.2, 0) is 17.8 Å². The average molecular weight is 299 g/mol. The van der Waals surface area contributed by atoms with E-state index in [1.807, 2.05) is 30.1 Å². The lowest BCUT2D eigenvalue weighted by molar-refractivity contribution is -0.136. The largest absolute Gasteiger partial charge is 0.480 e. The molecule has 1 aromatic carbocycles. The molecule has 0 aliphatic carbocycles. The molecule has 0 bridgehead atoms. The monoisotopic (exact) mass is 299 g/mol. The first kappa shape index (κ1) is 14.6. The van der Waals surface area contributed by atoms with Gasteiger partial charge < -0.3 is 9.64 Å². The van der Waals surface area contributed by atoms with Gasteiger partial charge in [0.15, 0.2) is 6.10 Å². The first-order valence-corrected chi connectivity index (χ1v) is 7.54. The van der Waals surface area contributed by atoms with Crippen LogP contribution in [0.15, 0.2) is 30.6 Å². The molecular weight excluding hydrogens is 278 g/mol. The minimum Gasteiger partial charge on any atom is -0.480 e. The van der Waals surface area contributed by atoms with E-state index in [2.05, 4.69) is 25.0 Å². The Labute approximate surface area is 130 Å². The fourth-order valence-electron chi connectivity index (χ4n) is 2.69. The fourth-order valence-corrected chi connectivity index (χ4v) is 2.69. The highest BCUT2D eigenvalue weighted by atomic mass is 16.5. The quantitative estimate of drug-likeness (QED) is 0.867. The van der Waals surface area contributed by atoms with Gasteiger partial charge in [-0.3, -0.25) is 9.48 Å². The fraction of sp³-hybridized carbons (Fsp3) is 0.412.